The molecule has 6 unspecified atom stereocenters. The summed E-state index contributed by atoms with van der Waals surface area (Å²) in [6.45, 7) is 50.0. The minimum atomic E-state index is -1.06. The molecule has 0 amide bonds. The number of nitrogens with two attached hydrogens (primary N) is 6. The number of ether oxygens (including phenoxy) is 8. The summed E-state index contributed by atoms with van der Waals surface area (Å²) in [6.07, 6.45) is 2.03. The van der Waals surface area contributed by atoms with Crippen molar-refractivity contribution in [3.05, 3.63) is 37.0 Å². The Hall–Kier alpha value is -5.14. The Morgan fingerprint density at radius 1 is 0.485 bits per heavy atom. The highest BCUT2D eigenvalue weighted by Gasteiger charge is 2.13. The van der Waals surface area contributed by atoms with Crippen LogP contribution in [0.1, 0.15) is 184 Å². The number of carboxylic acids is 1. The predicted octanol–water partition coefficient (Wildman–Crippen LogP) is 4.04. The molecule has 0 saturated carbocycles. The van der Waals surface area contributed by atoms with Crippen molar-refractivity contribution in [2.45, 2.75) is 202 Å². The van der Waals surface area contributed by atoms with E-state index in [1.807, 2.05) is 55.4 Å². The molecule has 0 heterocycles. The lowest BCUT2D eigenvalue weighted by molar-refractivity contribution is -0.140. The van der Waals surface area contributed by atoms with Crippen LogP contribution in [0.15, 0.2) is 37.0 Å². The molecule has 0 fully saturated rings. The van der Waals surface area contributed by atoms with E-state index in [4.69, 9.17) is 98.5 Å². The van der Waals surface area contributed by atoms with Gasteiger partial charge in [0.05, 0.1) is 77.3 Å². The first-order valence-corrected chi connectivity index (χ1v) is 31.7. The summed E-state index contributed by atoms with van der Waals surface area (Å²) in [5.74, 6) is 12.7. The van der Waals surface area contributed by atoms with Crippen LogP contribution in [-0.4, -0.2) is 221 Å². The molecule has 31 nitrogen and oxygen atoms in total. The second-order valence-electron chi connectivity index (χ2n) is 19.6. The Morgan fingerprint density at radius 3 is 1.16 bits per heavy atom. The Labute approximate surface area is 585 Å². The monoisotopic (exact) mass is 1420 g/mol. The van der Waals surface area contributed by atoms with Gasteiger partial charge in [-0.2, -0.15) is 0 Å². The Balaban J connectivity index is -0.0000000647. The summed E-state index contributed by atoms with van der Waals surface area (Å²) in [7, 11) is 1.71. The van der Waals surface area contributed by atoms with Crippen LogP contribution < -0.4 is 51.0 Å². The van der Waals surface area contributed by atoms with Crippen LogP contribution in [0.2, 0.25) is 0 Å². The molecule has 0 aliphatic carbocycles. The van der Waals surface area contributed by atoms with Gasteiger partial charge in [0.1, 0.15) is 47.2 Å². The molecular formula is C66H147N9O22. The van der Waals surface area contributed by atoms with Crippen molar-refractivity contribution < 1.29 is 107 Å². The van der Waals surface area contributed by atoms with Crippen LogP contribution in [0.25, 0.3) is 0 Å². The Bertz CT molecular complexity index is 1610. The lowest BCUT2D eigenvalue weighted by Crippen LogP contribution is -2.26. The number of allylic oxidation sites excluding steroid dienone is 1. The number of carbonyl (C=O) groups is 8. The average Bonchev–Trinajstić information content (AvgIpc) is 2.92. The van der Waals surface area contributed by atoms with Gasteiger partial charge in [-0.3, -0.25) is 55.5 Å². The molecule has 0 rings (SSSR count). The van der Waals surface area contributed by atoms with Gasteiger partial charge in [-0.15, -0.1) is 0 Å². The lowest BCUT2D eigenvalue weighted by atomic mass is 10.0. The number of hydrogen-bond donors (Lipinski definition) is 15. The number of carboxylic acid groups (broad SMARTS) is 1. The SMILES string of the molecule is C.C.C=C(COCC)NN.C=C(NN)C(=O)CC(C)=O.C=C(NN)OCCC.CC(=O)CC(=O)C(C)CN.CC(=O)CC(=O)C(C)CO.CC(=O)CC(=O)O.CCCOC.CCCOC(C)CN.CCCOC(O)CO.CCOCC.CCOCC(C)CN.CCOCC(O)CO. The fourth-order valence-corrected chi connectivity index (χ4v) is 4.03. The molecule has 0 aromatic rings. The number of Topliss-reactive ketones (excluding diaryl/α,β-unsaturated/α-hetero) is 7. The minimum Gasteiger partial charge on any atom is -0.481 e. The quantitative estimate of drug-likeness (QED) is 0.0102. The molecule has 0 aromatic carbocycles. The molecule has 0 spiro atoms. The lowest BCUT2D eigenvalue weighted by Gasteiger charge is -2.07. The molecule has 97 heavy (non-hydrogen) atoms. The maximum absolute atomic E-state index is 10.9. The molecule has 31 heteroatoms. The van der Waals surface area contributed by atoms with Crippen LogP contribution in [0.5, 0.6) is 0 Å². The number of nitrogens with one attached hydrogen (secondary N) is 3. The standard InChI is InChI=1S/C7H13NO2.C7H12O3.C6H10N2O2.2C6H15NO.2C5H12N2O.2C5H12O3.C4H6O3.2C4H10O.2CH4/c2*1-5(4-8)7(10)3-6(2)9;1-4(9)3-6(10)5(2)8-7;1-3-8-5-6(2)4-7;1-3-4-8-6(2)5-7;1-3-8-4-5(2)7-6;1-3-4-8-5(2)7-6;1-2-8-4-5(7)3-6;1-2-3-8-5(7)4-6;1-3(5)2-4(6)7;1-3-4-5-2;1-3-5-4-2;;/h5H,3-4,8H2,1-2H3;5,8H,3-4H2,1-2H3;8H,2-3,7H2,1H3;2*6H,3-5,7H2,1-2H3;2*7H,2-4,6H2,1H3;2*5-7H,2-4H2,1H3;2H2,1H3,(H,6,7);2*3-4H2,1-2H3;2*1H4. The first-order chi connectivity index (χ1) is 44.5. The van der Waals surface area contributed by atoms with Gasteiger partial charge >= 0.3 is 5.97 Å². The number of aliphatic hydroxyl groups excluding tert-OH is 5. The van der Waals surface area contributed by atoms with E-state index in [1.165, 1.54) is 27.7 Å². The van der Waals surface area contributed by atoms with E-state index in [2.05, 4.69) is 61.5 Å². The highest BCUT2D eigenvalue weighted by Crippen LogP contribution is 2.00. The van der Waals surface area contributed by atoms with Gasteiger partial charge in [-0.05, 0) is 114 Å². The molecule has 0 radical (unpaired) electrons. The zero-order valence-corrected chi connectivity index (χ0v) is 61.6. The number of ketones is 7. The molecule has 6 atom stereocenters. The number of aliphatic hydroxyl groups is 5. The first kappa shape index (κ1) is 125. The van der Waals surface area contributed by atoms with Crippen LogP contribution in [0.3, 0.4) is 0 Å². The van der Waals surface area contributed by atoms with Crippen molar-refractivity contribution in [2.75, 3.05) is 126 Å². The van der Waals surface area contributed by atoms with Crippen LogP contribution in [0.4, 0.5) is 0 Å². The van der Waals surface area contributed by atoms with Crippen molar-refractivity contribution in [3.63, 3.8) is 0 Å². The number of hydrazine groups is 3. The van der Waals surface area contributed by atoms with Crippen molar-refractivity contribution in [2.24, 2.45) is 52.5 Å². The summed E-state index contributed by atoms with van der Waals surface area (Å²) in [5, 5.41) is 49.9. The van der Waals surface area contributed by atoms with Gasteiger partial charge < -0.3 is 96.6 Å². The summed E-state index contributed by atoms with van der Waals surface area (Å²) < 4.78 is 39.1. The summed E-state index contributed by atoms with van der Waals surface area (Å²) >= 11 is 0. The van der Waals surface area contributed by atoms with Gasteiger partial charge in [-0.25, -0.2) is 5.84 Å². The van der Waals surface area contributed by atoms with Crippen molar-refractivity contribution in [1.29, 1.82) is 0 Å². The van der Waals surface area contributed by atoms with E-state index < -0.39 is 24.3 Å². The molecule has 0 saturated heterocycles. The average molecular weight is 1420 g/mol. The number of methoxy groups -OCH3 is 1. The second-order valence-corrected chi connectivity index (χ2v) is 19.6. The van der Waals surface area contributed by atoms with Gasteiger partial charge in [0.25, 0.3) is 0 Å². The third-order valence-electron chi connectivity index (χ3n) is 9.38. The van der Waals surface area contributed by atoms with Crippen molar-refractivity contribution >= 4 is 46.5 Å². The largest absolute Gasteiger partial charge is 0.481 e. The third-order valence-corrected chi connectivity index (χ3v) is 9.38. The normalized spacial score (nSPS) is 10.9. The third kappa shape index (κ3) is 151. The number of aliphatic carboxylic acids is 1. The second kappa shape index (κ2) is 107. The molecule has 0 aliphatic heterocycles. The van der Waals surface area contributed by atoms with E-state index in [0.29, 0.717) is 63.6 Å². The molecule has 0 bridgehead atoms. The van der Waals surface area contributed by atoms with Crippen LogP contribution in [0, 0.1) is 17.8 Å². The topological polar surface area (TPSA) is 524 Å². The van der Waals surface area contributed by atoms with Crippen molar-refractivity contribution in [1.82, 2.24) is 16.3 Å². The van der Waals surface area contributed by atoms with Crippen molar-refractivity contribution in [3.8, 4) is 0 Å². The predicted molar refractivity (Wildman–Crippen MR) is 387 cm³/mol. The first-order valence-electron chi connectivity index (χ1n) is 31.7. The fraction of sp³-hybridized carbons (Fsp3) is 0.788. The van der Waals surface area contributed by atoms with E-state index >= 15 is 0 Å². The van der Waals surface area contributed by atoms with E-state index in [0.717, 1.165) is 71.9 Å². The number of carbonyl (C=O) groups excluding carboxylic acids is 7. The summed E-state index contributed by atoms with van der Waals surface area (Å²) in [5.41, 5.74) is 23.3. The highest BCUT2D eigenvalue weighted by atomic mass is 16.6. The van der Waals surface area contributed by atoms with Gasteiger partial charge in [0.15, 0.2) is 18.0 Å². The summed E-state index contributed by atoms with van der Waals surface area (Å²) in [4.78, 5) is 83.0. The maximum atomic E-state index is 10.9. The van der Waals surface area contributed by atoms with Crippen LogP contribution in [-0.2, 0) is 76.3 Å². The zero-order chi connectivity index (χ0) is 77.0. The number of rotatable bonds is 42. The molecule has 588 valence electrons. The Kier molecular flexibility index (Phi) is 138. The molecule has 0 aromatic heterocycles. The number of hydrogen-bond acceptors (Lipinski definition) is 30. The van der Waals surface area contributed by atoms with Gasteiger partial charge in [0.2, 0.25) is 0 Å². The molecule has 21 N–H and O–H groups in total. The maximum Gasteiger partial charge on any atom is 0.310 e. The molecular weight excluding hydrogens is 1270 g/mol. The zero-order valence-electron chi connectivity index (χ0n) is 61.6. The summed E-state index contributed by atoms with van der Waals surface area (Å²) in [6, 6.07) is 0. The minimum absolute atomic E-state index is 0. The highest BCUT2D eigenvalue weighted by molar-refractivity contribution is 6.06. The molecule has 0 aliphatic rings. The Morgan fingerprint density at radius 2 is 0.897 bits per heavy atom. The van der Waals surface area contributed by atoms with E-state index in [-0.39, 0.29) is 125 Å². The fourth-order valence-electron chi connectivity index (χ4n) is 4.03. The van der Waals surface area contributed by atoms with E-state index in [9.17, 15) is 38.4 Å². The van der Waals surface area contributed by atoms with Gasteiger partial charge in [0, 0.05) is 90.6 Å². The smallest absolute Gasteiger partial charge is 0.310 e. The van der Waals surface area contributed by atoms with Gasteiger partial charge in [-0.1, -0.05) is 76.5 Å². The van der Waals surface area contributed by atoms with E-state index in [1.54, 1.807) is 21.0 Å². The van der Waals surface area contributed by atoms with Crippen LogP contribution >= 0.6 is 0 Å².